The van der Waals surface area contributed by atoms with E-state index in [2.05, 4.69) is 38.2 Å². The molecule has 1 aromatic rings. The smallest absolute Gasteiger partial charge is 0.339 e. The van der Waals surface area contributed by atoms with Crippen molar-refractivity contribution < 1.29 is 9.53 Å². The first kappa shape index (κ1) is 21.6. The second kappa shape index (κ2) is 6.94. The Hall–Kier alpha value is -2.63. The van der Waals surface area contributed by atoms with Crippen molar-refractivity contribution in [3.8, 4) is 0 Å². The van der Waals surface area contributed by atoms with E-state index in [-0.39, 0.29) is 18.1 Å². The molecule has 1 aromatic carbocycles. The second-order valence-electron chi connectivity index (χ2n) is 9.80. The number of rotatable bonds is 3. The van der Waals surface area contributed by atoms with Crippen molar-refractivity contribution in [1.29, 1.82) is 0 Å². The van der Waals surface area contributed by atoms with Crippen molar-refractivity contribution in [3.05, 3.63) is 76.9 Å². The number of benzene rings is 1. The molecule has 31 heavy (non-hydrogen) atoms. The van der Waals surface area contributed by atoms with E-state index in [1.54, 1.807) is 0 Å². The molecule has 4 unspecified atom stereocenters. The van der Waals surface area contributed by atoms with E-state index >= 15 is 0 Å². The summed E-state index contributed by atoms with van der Waals surface area (Å²) in [5.74, 6) is -0.333. The third kappa shape index (κ3) is 2.80. The van der Waals surface area contributed by atoms with Crippen molar-refractivity contribution in [2.45, 2.75) is 45.4 Å². The van der Waals surface area contributed by atoms with Crippen LogP contribution in [0.2, 0.25) is 0 Å². The molecule has 1 aliphatic heterocycles. The van der Waals surface area contributed by atoms with Gasteiger partial charge in [-0.2, -0.15) is 0 Å². The molecule has 4 atom stereocenters. The van der Waals surface area contributed by atoms with E-state index in [1.807, 2.05) is 63.2 Å². The number of nitrogens with two attached hydrogens (primary N) is 2. The number of carbonyl (C=O) groups is 1. The normalized spacial score (nSPS) is 36.6. The number of esters is 1. The van der Waals surface area contributed by atoms with Gasteiger partial charge >= 0.3 is 5.97 Å². The second-order valence-corrected chi connectivity index (χ2v) is 9.80. The minimum Gasteiger partial charge on any atom is -0.449 e. The highest BCUT2D eigenvalue weighted by Gasteiger charge is 2.68. The number of fused-ring (bicyclic) bond motifs is 1. The van der Waals surface area contributed by atoms with Gasteiger partial charge in [-0.15, -0.1) is 0 Å². The van der Waals surface area contributed by atoms with Crippen LogP contribution in [-0.2, 0) is 10.3 Å². The highest BCUT2D eigenvalue weighted by atomic mass is 16.6. The standard InChI is InChI=1S/C26H33N3O2/c1-16-9-11-24(3,21(27)13-16)26(25(4)12-10-17(2)14-22(25)28)20-8-7-18(29(5)6)15-19(20)23(30)31-26/h7-15,21-22H,27-28H2,1-6H3. The summed E-state index contributed by atoms with van der Waals surface area (Å²) in [6.07, 6.45) is 12.4. The van der Waals surface area contributed by atoms with Gasteiger partial charge < -0.3 is 21.1 Å². The lowest BCUT2D eigenvalue weighted by Gasteiger charge is -2.57. The Morgan fingerprint density at radius 2 is 1.45 bits per heavy atom. The largest absolute Gasteiger partial charge is 0.449 e. The van der Waals surface area contributed by atoms with Crippen molar-refractivity contribution in [2.24, 2.45) is 22.3 Å². The molecule has 2 aliphatic carbocycles. The van der Waals surface area contributed by atoms with Gasteiger partial charge in [-0.25, -0.2) is 4.79 Å². The SMILES string of the molecule is CC1=CC(N)C(C)(C2(C3(C)C=CC(C)=CC3N)OC(=O)c3cc(N(C)C)ccc32)C=C1. The van der Waals surface area contributed by atoms with E-state index in [0.29, 0.717) is 5.56 Å². The van der Waals surface area contributed by atoms with Crippen LogP contribution < -0.4 is 16.4 Å². The molecule has 4 N–H and O–H groups in total. The van der Waals surface area contributed by atoms with Crippen LogP contribution in [0.5, 0.6) is 0 Å². The highest BCUT2D eigenvalue weighted by molar-refractivity contribution is 5.96. The Morgan fingerprint density at radius 1 is 0.935 bits per heavy atom. The number of allylic oxidation sites excluding steroid dienone is 4. The molecule has 0 radical (unpaired) electrons. The van der Waals surface area contributed by atoms with Crippen LogP contribution in [0.3, 0.4) is 0 Å². The maximum absolute atomic E-state index is 13.4. The van der Waals surface area contributed by atoms with E-state index < -0.39 is 16.4 Å². The number of cyclic esters (lactones) is 1. The van der Waals surface area contributed by atoms with Crippen molar-refractivity contribution in [2.75, 3.05) is 19.0 Å². The summed E-state index contributed by atoms with van der Waals surface area (Å²) in [5, 5.41) is 0. The van der Waals surface area contributed by atoms with Gasteiger partial charge in [0, 0.05) is 48.3 Å². The van der Waals surface area contributed by atoms with E-state index in [1.165, 1.54) is 0 Å². The summed E-state index contributed by atoms with van der Waals surface area (Å²) < 4.78 is 6.47. The molecule has 5 nitrogen and oxygen atoms in total. The van der Waals surface area contributed by atoms with Crippen molar-refractivity contribution in [1.82, 2.24) is 0 Å². The zero-order valence-electron chi connectivity index (χ0n) is 19.3. The van der Waals surface area contributed by atoms with Crippen LogP contribution in [0, 0.1) is 10.8 Å². The van der Waals surface area contributed by atoms with E-state index in [9.17, 15) is 4.79 Å². The topological polar surface area (TPSA) is 81.6 Å². The third-order valence-corrected chi connectivity index (χ3v) is 7.54. The molecule has 5 heteroatoms. The molecule has 0 fully saturated rings. The van der Waals surface area contributed by atoms with Crippen LogP contribution in [0.25, 0.3) is 0 Å². The summed E-state index contributed by atoms with van der Waals surface area (Å²) in [6.45, 7) is 8.22. The first-order valence-electron chi connectivity index (χ1n) is 10.8. The minimum atomic E-state index is -1.07. The van der Waals surface area contributed by atoms with Crippen LogP contribution in [-0.4, -0.2) is 32.1 Å². The Balaban J connectivity index is 2.04. The Kier molecular flexibility index (Phi) is 4.83. The van der Waals surface area contributed by atoms with Gasteiger partial charge in [-0.1, -0.05) is 67.5 Å². The van der Waals surface area contributed by atoms with Crippen molar-refractivity contribution in [3.63, 3.8) is 0 Å². The third-order valence-electron chi connectivity index (χ3n) is 7.54. The molecule has 164 valence electrons. The monoisotopic (exact) mass is 419 g/mol. The van der Waals surface area contributed by atoms with Gasteiger partial charge in [-0.05, 0) is 26.0 Å². The van der Waals surface area contributed by atoms with Crippen LogP contribution in [0.1, 0.15) is 43.6 Å². The number of carbonyl (C=O) groups excluding carboxylic acids is 1. The first-order valence-corrected chi connectivity index (χ1v) is 10.8. The molecule has 0 saturated carbocycles. The zero-order chi connectivity index (χ0) is 22.8. The quantitative estimate of drug-likeness (QED) is 0.728. The lowest BCUT2D eigenvalue weighted by molar-refractivity contribution is -0.139. The summed E-state index contributed by atoms with van der Waals surface area (Å²) >= 11 is 0. The Bertz CT molecular complexity index is 1020. The van der Waals surface area contributed by atoms with Gasteiger partial charge in [-0.3, -0.25) is 0 Å². The van der Waals surface area contributed by atoms with E-state index in [0.717, 1.165) is 22.4 Å². The highest BCUT2D eigenvalue weighted by Crippen LogP contribution is 2.63. The number of hydrogen-bond acceptors (Lipinski definition) is 5. The first-order chi connectivity index (χ1) is 14.5. The maximum atomic E-state index is 13.4. The molecule has 0 aromatic heterocycles. The Labute approximate surface area is 185 Å². The number of ether oxygens (including phenoxy) is 1. The van der Waals surface area contributed by atoms with Gasteiger partial charge in [0.05, 0.1) is 5.56 Å². The minimum absolute atomic E-state index is 0.333. The Morgan fingerprint density at radius 3 is 1.90 bits per heavy atom. The summed E-state index contributed by atoms with van der Waals surface area (Å²) in [4.78, 5) is 15.3. The molecule has 3 aliphatic rings. The maximum Gasteiger partial charge on any atom is 0.339 e. The van der Waals surface area contributed by atoms with Crippen LogP contribution in [0.15, 0.2) is 65.8 Å². The van der Waals surface area contributed by atoms with Crippen LogP contribution >= 0.6 is 0 Å². The average molecular weight is 420 g/mol. The van der Waals surface area contributed by atoms with Gasteiger partial charge in [0.25, 0.3) is 0 Å². The van der Waals surface area contributed by atoms with Crippen LogP contribution in [0.4, 0.5) is 5.69 Å². The van der Waals surface area contributed by atoms with E-state index in [4.69, 9.17) is 16.2 Å². The van der Waals surface area contributed by atoms with Crippen molar-refractivity contribution >= 4 is 11.7 Å². The lowest BCUT2D eigenvalue weighted by Crippen LogP contribution is -2.65. The molecule has 1 heterocycles. The van der Waals surface area contributed by atoms with Gasteiger partial charge in [0.1, 0.15) is 0 Å². The fourth-order valence-corrected chi connectivity index (χ4v) is 5.48. The van der Waals surface area contributed by atoms with Gasteiger partial charge in [0.15, 0.2) is 5.60 Å². The summed E-state index contributed by atoms with van der Waals surface area (Å²) in [6, 6.07) is 5.25. The predicted molar refractivity (Wildman–Crippen MR) is 126 cm³/mol. The zero-order valence-corrected chi connectivity index (χ0v) is 19.3. The fourth-order valence-electron chi connectivity index (χ4n) is 5.48. The summed E-state index contributed by atoms with van der Waals surface area (Å²) in [5.41, 5.74) is 15.6. The summed E-state index contributed by atoms with van der Waals surface area (Å²) in [7, 11) is 3.91. The average Bonchev–Trinajstić information content (AvgIpc) is 3.02. The molecule has 0 saturated heterocycles. The molecule has 0 amide bonds. The predicted octanol–water partition coefficient (Wildman–Crippen LogP) is 3.82. The number of nitrogens with zero attached hydrogens (tertiary/aromatic N) is 1. The van der Waals surface area contributed by atoms with Gasteiger partial charge in [0.2, 0.25) is 0 Å². The molecule has 0 spiro atoms. The molecule has 4 rings (SSSR count). The molecule has 0 bridgehead atoms. The molecular formula is C26H33N3O2. The molecular weight excluding hydrogens is 386 g/mol. The number of hydrogen-bond donors (Lipinski definition) is 2. The number of anilines is 1. The fraction of sp³-hybridized carbons (Fsp3) is 0.423. The lowest BCUT2D eigenvalue weighted by atomic mass is 9.50.